The number of pyridine rings is 1. The van der Waals surface area contributed by atoms with Crippen LogP contribution in [0.25, 0.3) is 0 Å². The number of halogens is 2. The maximum atomic E-state index is 12.4. The molecule has 1 unspecified atom stereocenters. The largest absolute Gasteiger partial charge is 0.361 e. The lowest BCUT2D eigenvalue weighted by molar-refractivity contribution is 0.0936. The molecule has 3 rings (SSSR count). The molecule has 1 fully saturated rings. The predicted octanol–water partition coefficient (Wildman–Crippen LogP) is 2.61. The molecular weight excluding hydrogens is 371 g/mol. The molecule has 1 amide bonds. The Labute approximate surface area is 157 Å². The van der Waals surface area contributed by atoms with E-state index in [0.717, 1.165) is 31.0 Å². The molecule has 6 nitrogen and oxygen atoms in total. The van der Waals surface area contributed by atoms with Crippen LogP contribution in [0.3, 0.4) is 0 Å². The molecule has 1 atom stereocenters. The van der Waals surface area contributed by atoms with Crippen LogP contribution in [0.2, 0.25) is 0 Å². The Kier molecular flexibility index (Phi) is 8.55. The molecule has 0 aliphatic carbocycles. The van der Waals surface area contributed by atoms with E-state index >= 15 is 0 Å². The van der Waals surface area contributed by atoms with Crippen molar-refractivity contribution in [2.75, 3.05) is 13.1 Å². The minimum Gasteiger partial charge on any atom is -0.361 e. The summed E-state index contributed by atoms with van der Waals surface area (Å²) in [7, 11) is 0. The van der Waals surface area contributed by atoms with Crippen LogP contribution < -0.4 is 10.6 Å². The molecule has 2 N–H and O–H groups in total. The first-order chi connectivity index (χ1) is 10.7. The van der Waals surface area contributed by atoms with Gasteiger partial charge in [0.25, 0.3) is 5.91 Å². The van der Waals surface area contributed by atoms with Gasteiger partial charge in [-0.25, -0.2) is 4.98 Å². The Morgan fingerprint density at radius 3 is 3.00 bits per heavy atom. The molecule has 24 heavy (non-hydrogen) atoms. The molecule has 1 aliphatic heterocycles. The molecule has 0 saturated carbocycles. The van der Waals surface area contributed by atoms with Gasteiger partial charge in [-0.2, -0.15) is 0 Å². The van der Waals surface area contributed by atoms with Crippen molar-refractivity contribution in [2.24, 2.45) is 0 Å². The van der Waals surface area contributed by atoms with E-state index in [9.17, 15) is 4.79 Å². The highest BCUT2D eigenvalue weighted by Gasteiger charge is 2.20. The molecule has 2 aromatic rings. The van der Waals surface area contributed by atoms with Gasteiger partial charge in [-0.05, 0) is 32.0 Å². The monoisotopic (exact) mass is 390 g/mol. The van der Waals surface area contributed by atoms with E-state index in [4.69, 9.17) is 4.52 Å². The molecule has 132 valence electrons. The van der Waals surface area contributed by atoms with Crippen molar-refractivity contribution in [3.8, 4) is 0 Å². The van der Waals surface area contributed by atoms with Crippen molar-refractivity contribution < 1.29 is 9.32 Å². The Morgan fingerprint density at radius 1 is 1.50 bits per heavy atom. The first kappa shape index (κ1) is 20.8. The van der Waals surface area contributed by atoms with Crippen molar-refractivity contribution in [1.29, 1.82) is 0 Å². The lowest BCUT2D eigenvalue weighted by Crippen LogP contribution is -2.36. The van der Waals surface area contributed by atoms with Crippen molar-refractivity contribution >= 4 is 42.5 Å². The quantitative estimate of drug-likeness (QED) is 0.763. The number of carbonyl (C=O) groups is 1. The lowest BCUT2D eigenvalue weighted by atomic mass is 10.2. The van der Waals surface area contributed by atoms with Crippen LogP contribution >= 0.6 is 36.6 Å². The number of hydrogen-bond acceptors (Lipinski definition) is 6. The van der Waals surface area contributed by atoms with Crippen molar-refractivity contribution in [2.45, 2.75) is 30.2 Å². The van der Waals surface area contributed by atoms with Crippen LogP contribution in [0.4, 0.5) is 0 Å². The molecule has 0 radical (unpaired) electrons. The maximum absolute atomic E-state index is 12.4. The molecular formula is C15H20Cl2N4O2S. The fourth-order valence-electron chi connectivity index (χ4n) is 2.35. The number of thioether (sulfide) groups is 1. The third kappa shape index (κ3) is 5.37. The Bertz CT molecular complexity index is 662. The number of nitrogens with one attached hydrogen (secondary N) is 2. The summed E-state index contributed by atoms with van der Waals surface area (Å²) in [5, 5.41) is 11.0. The Balaban J connectivity index is 0.00000144. The van der Waals surface area contributed by atoms with Gasteiger partial charge in [0.2, 0.25) is 0 Å². The maximum Gasteiger partial charge on any atom is 0.254 e. The summed E-state index contributed by atoms with van der Waals surface area (Å²) in [5.74, 6) is 1.34. The average Bonchev–Trinajstić information content (AvgIpc) is 3.17. The van der Waals surface area contributed by atoms with Crippen molar-refractivity contribution in [1.82, 2.24) is 20.8 Å². The molecule has 0 bridgehead atoms. The highest BCUT2D eigenvalue weighted by molar-refractivity contribution is 7.98. The number of rotatable bonds is 5. The van der Waals surface area contributed by atoms with Gasteiger partial charge < -0.3 is 15.2 Å². The van der Waals surface area contributed by atoms with E-state index in [1.165, 1.54) is 11.8 Å². The van der Waals surface area contributed by atoms with Gasteiger partial charge in [0.1, 0.15) is 10.8 Å². The second-order valence-corrected chi connectivity index (χ2v) is 6.20. The van der Waals surface area contributed by atoms with E-state index in [2.05, 4.69) is 20.8 Å². The van der Waals surface area contributed by atoms with Crippen molar-refractivity contribution in [3.05, 3.63) is 41.4 Å². The van der Waals surface area contributed by atoms with E-state index in [1.54, 1.807) is 18.3 Å². The fraction of sp³-hybridized carbons (Fsp3) is 0.400. The van der Waals surface area contributed by atoms with Crippen LogP contribution in [-0.2, 0) is 5.75 Å². The van der Waals surface area contributed by atoms with Gasteiger partial charge in [-0.3, -0.25) is 4.79 Å². The second-order valence-electron chi connectivity index (χ2n) is 5.24. The van der Waals surface area contributed by atoms with Crippen LogP contribution in [-0.4, -0.2) is 35.2 Å². The first-order valence-corrected chi connectivity index (χ1v) is 8.22. The summed E-state index contributed by atoms with van der Waals surface area (Å²) in [5.41, 5.74) is 1.46. The Morgan fingerprint density at radius 2 is 2.33 bits per heavy atom. The predicted molar refractivity (Wildman–Crippen MR) is 98.3 cm³/mol. The summed E-state index contributed by atoms with van der Waals surface area (Å²) in [4.78, 5) is 16.7. The minimum absolute atomic E-state index is 0. The van der Waals surface area contributed by atoms with E-state index in [-0.39, 0.29) is 36.8 Å². The van der Waals surface area contributed by atoms with Crippen LogP contribution in [0.5, 0.6) is 0 Å². The molecule has 1 saturated heterocycles. The highest BCUT2D eigenvalue weighted by Crippen LogP contribution is 2.24. The summed E-state index contributed by atoms with van der Waals surface area (Å²) in [6.45, 7) is 3.63. The number of nitrogens with zero attached hydrogens (tertiary/aromatic N) is 2. The minimum atomic E-state index is -0.0689. The number of carbonyl (C=O) groups excluding carboxylic acids is 1. The van der Waals surface area contributed by atoms with Crippen molar-refractivity contribution in [3.63, 3.8) is 0 Å². The number of hydrogen-bond donors (Lipinski definition) is 2. The molecule has 0 aromatic carbocycles. The molecule has 2 aromatic heterocycles. The lowest BCUT2D eigenvalue weighted by Gasteiger charge is -2.13. The zero-order valence-electron chi connectivity index (χ0n) is 13.2. The van der Waals surface area contributed by atoms with Crippen LogP contribution in [0.1, 0.15) is 28.2 Å². The molecule has 3 heterocycles. The SMILES string of the molecule is Cc1cc(CSc2ncccc2C(=O)NC2CCNC2)no1.Cl.Cl. The fourth-order valence-corrected chi connectivity index (χ4v) is 3.22. The van der Waals surface area contributed by atoms with Crippen LogP contribution in [0.15, 0.2) is 33.9 Å². The third-order valence-electron chi connectivity index (χ3n) is 3.44. The number of amides is 1. The summed E-state index contributed by atoms with van der Waals surface area (Å²) in [6.07, 6.45) is 2.66. The van der Waals surface area contributed by atoms with Gasteiger partial charge in [-0.15, -0.1) is 24.8 Å². The van der Waals surface area contributed by atoms with Gasteiger partial charge in [0, 0.05) is 30.6 Å². The number of aryl methyl sites for hydroxylation is 1. The normalized spacial score (nSPS) is 16.1. The van der Waals surface area contributed by atoms with Gasteiger partial charge >= 0.3 is 0 Å². The van der Waals surface area contributed by atoms with Gasteiger partial charge in [-0.1, -0.05) is 16.9 Å². The smallest absolute Gasteiger partial charge is 0.254 e. The topological polar surface area (TPSA) is 80.0 Å². The summed E-state index contributed by atoms with van der Waals surface area (Å²) >= 11 is 1.49. The second kappa shape index (κ2) is 9.88. The average molecular weight is 391 g/mol. The standard InChI is InChI=1S/C15H18N4O2S.2ClH/c1-10-7-12(19-21-10)9-22-15-13(3-2-5-17-15)14(20)18-11-4-6-16-8-11;;/h2-3,5,7,11,16H,4,6,8-9H2,1H3,(H,18,20);2*1H. The molecule has 9 heteroatoms. The van der Waals surface area contributed by atoms with Gasteiger partial charge in [0.15, 0.2) is 0 Å². The molecule has 1 aliphatic rings. The van der Waals surface area contributed by atoms with E-state index in [1.807, 2.05) is 13.0 Å². The van der Waals surface area contributed by atoms with E-state index < -0.39 is 0 Å². The zero-order valence-corrected chi connectivity index (χ0v) is 15.6. The first-order valence-electron chi connectivity index (χ1n) is 7.24. The summed E-state index contributed by atoms with van der Waals surface area (Å²) < 4.78 is 5.05. The highest BCUT2D eigenvalue weighted by atomic mass is 35.5. The van der Waals surface area contributed by atoms with Gasteiger partial charge in [0.05, 0.1) is 11.3 Å². The zero-order chi connectivity index (χ0) is 15.4. The third-order valence-corrected chi connectivity index (χ3v) is 4.48. The molecule has 0 spiro atoms. The Hall–Kier alpha value is -1.28. The van der Waals surface area contributed by atoms with Crippen LogP contribution in [0, 0.1) is 6.92 Å². The number of aromatic nitrogens is 2. The van der Waals surface area contributed by atoms with E-state index in [0.29, 0.717) is 16.3 Å². The summed E-state index contributed by atoms with van der Waals surface area (Å²) in [6, 6.07) is 5.68.